The quantitative estimate of drug-likeness (QED) is 0.748. The van der Waals surface area contributed by atoms with Gasteiger partial charge in [0.25, 0.3) is 0 Å². The third-order valence-electron chi connectivity index (χ3n) is 3.28. The number of aliphatic carboxylic acids is 1. The van der Waals surface area contributed by atoms with E-state index in [1.165, 1.54) is 0 Å². The highest BCUT2D eigenvalue weighted by molar-refractivity contribution is 5.90. The maximum absolute atomic E-state index is 11.9. The molecule has 0 heterocycles. The number of amides is 2. The SMILES string of the molecule is CCCc1ccccc1NC(=O)NC(C)C(C)C(=O)O. The minimum atomic E-state index is -0.927. The van der Waals surface area contributed by atoms with E-state index in [0.717, 1.165) is 24.1 Å². The van der Waals surface area contributed by atoms with Crippen LogP contribution >= 0.6 is 0 Å². The molecule has 0 radical (unpaired) electrons. The van der Waals surface area contributed by atoms with Gasteiger partial charge in [-0.2, -0.15) is 0 Å². The van der Waals surface area contributed by atoms with Gasteiger partial charge < -0.3 is 15.7 Å². The van der Waals surface area contributed by atoms with E-state index in [0.29, 0.717) is 0 Å². The van der Waals surface area contributed by atoms with E-state index in [1.807, 2.05) is 24.3 Å². The number of carboxylic acid groups (broad SMARTS) is 1. The van der Waals surface area contributed by atoms with E-state index in [1.54, 1.807) is 13.8 Å². The molecule has 2 amide bonds. The molecule has 20 heavy (non-hydrogen) atoms. The van der Waals surface area contributed by atoms with Crippen molar-refractivity contribution in [3.05, 3.63) is 29.8 Å². The molecule has 0 aliphatic rings. The van der Waals surface area contributed by atoms with Crippen molar-refractivity contribution in [2.75, 3.05) is 5.32 Å². The predicted molar refractivity (Wildman–Crippen MR) is 78.9 cm³/mol. The Bertz CT molecular complexity index is 474. The Morgan fingerprint density at radius 2 is 1.90 bits per heavy atom. The van der Waals surface area contributed by atoms with Crippen molar-refractivity contribution in [3.8, 4) is 0 Å². The molecule has 0 saturated carbocycles. The molecular weight excluding hydrogens is 256 g/mol. The van der Waals surface area contributed by atoms with Gasteiger partial charge in [-0.25, -0.2) is 4.79 Å². The summed E-state index contributed by atoms with van der Waals surface area (Å²) < 4.78 is 0. The van der Waals surface area contributed by atoms with Crippen molar-refractivity contribution in [2.24, 2.45) is 5.92 Å². The zero-order valence-electron chi connectivity index (χ0n) is 12.1. The minimum Gasteiger partial charge on any atom is -0.481 e. The third kappa shape index (κ3) is 4.57. The van der Waals surface area contributed by atoms with Crippen LogP contribution in [0.2, 0.25) is 0 Å². The first-order chi connectivity index (χ1) is 9.45. The molecule has 0 saturated heterocycles. The Hall–Kier alpha value is -2.04. The Kier molecular flexibility index (Phi) is 6.03. The molecule has 3 N–H and O–H groups in total. The number of aryl methyl sites for hydroxylation is 1. The second kappa shape index (κ2) is 7.53. The topological polar surface area (TPSA) is 78.4 Å². The molecule has 110 valence electrons. The number of nitrogens with one attached hydrogen (secondary N) is 2. The van der Waals surface area contributed by atoms with Crippen LogP contribution in [-0.2, 0) is 11.2 Å². The lowest BCUT2D eigenvalue weighted by Crippen LogP contribution is -2.42. The van der Waals surface area contributed by atoms with Crippen LogP contribution in [0.15, 0.2) is 24.3 Å². The largest absolute Gasteiger partial charge is 0.481 e. The Morgan fingerprint density at radius 3 is 2.50 bits per heavy atom. The first-order valence-electron chi connectivity index (χ1n) is 6.84. The number of hydrogen-bond donors (Lipinski definition) is 3. The molecule has 0 spiro atoms. The average Bonchev–Trinajstić information content (AvgIpc) is 2.40. The summed E-state index contributed by atoms with van der Waals surface area (Å²) >= 11 is 0. The normalized spacial score (nSPS) is 13.3. The van der Waals surface area contributed by atoms with Crippen molar-refractivity contribution in [2.45, 2.75) is 39.7 Å². The Balaban J connectivity index is 2.65. The standard InChI is InChI=1S/C15H22N2O3/c1-4-7-12-8-5-6-9-13(12)17-15(20)16-11(3)10(2)14(18)19/h5-6,8-11H,4,7H2,1-3H3,(H,18,19)(H2,16,17,20). The molecule has 2 unspecified atom stereocenters. The fourth-order valence-corrected chi connectivity index (χ4v) is 1.83. The van der Waals surface area contributed by atoms with Crippen LogP contribution in [-0.4, -0.2) is 23.1 Å². The number of carbonyl (C=O) groups excluding carboxylic acids is 1. The highest BCUT2D eigenvalue weighted by Gasteiger charge is 2.21. The van der Waals surface area contributed by atoms with Gasteiger partial charge in [-0.05, 0) is 31.9 Å². The Labute approximate surface area is 119 Å². The lowest BCUT2D eigenvalue weighted by Gasteiger charge is -2.19. The van der Waals surface area contributed by atoms with Crippen LogP contribution in [0.5, 0.6) is 0 Å². The summed E-state index contributed by atoms with van der Waals surface area (Å²) in [6.45, 7) is 5.32. The first-order valence-corrected chi connectivity index (χ1v) is 6.84. The van der Waals surface area contributed by atoms with E-state index in [4.69, 9.17) is 5.11 Å². The molecule has 2 atom stereocenters. The summed E-state index contributed by atoms with van der Waals surface area (Å²) in [5, 5.41) is 14.3. The number of anilines is 1. The van der Waals surface area contributed by atoms with Crippen LogP contribution in [0, 0.1) is 5.92 Å². The molecule has 1 aromatic rings. The van der Waals surface area contributed by atoms with Gasteiger partial charge >= 0.3 is 12.0 Å². The predicted octanol–water partition coefficient (Wildman–Crippen LogP) is 2.87. The highest BCUT2D eigenvalue weighted by Crippen LogP contribution is 2.16. The number of rotatable bonds is 6. The molecule has 1 aromatic carbocycles. The van der Waals surface area contributed by atoms with Crippen molar-refractivity contribution in [3.63, 3.8) is 0 Å². The van der Waals surface area contributed by atoms with Gasteiger partial charge in [0.1, 0.15) is 0 Å². The molecule has 0 aromatic heterocycles. The zero-order chi connectivity index (χ0) is 15.1. The fraction of sp³-hybridized carbons (Fsp3) is 0.467. The van der Waals surface area contributed by atoms with E-state index >= 15 is 0 Å². The van der Waals surface area contributed by atoms with Crippen LogP contribution in [0.1, 0.15) is 32.8 Å². The fourth-order valence-electron chi connectivity index (χ4n) is 1.83. The molecular formula is C15H22N2O3. The van der Waals surface area contributed by atoms with Gasteiger partial charge in [-0.15, -0.1) is 0 Å². The number of carbonyl (C=O) groups is 2. The molecule has 0 bridgehead atoms. The highest BCUT2D eigenvalue weighted by atomic mass is 16.4. The molecule has 0 aliphatic carbocycles. The number of urea groups is 1. The number of benzene rings is 1. The number of carboxylic acids is 1. The second-order valence-corrected chi connectivity index (χ2v) is 4.92. The van der Waals surface area contributed by atoms with Crippen LogP contribution in [0.4, 0.5) is 10.5 Å². The van der Waals surface area contributed by atoms with Gasteiger partial charge in [0, 0.05) is 11.7 Å². The Morgan fingerprint density at radius 1 is 1.25 bits per heavy atom. The number of para-hydroxylation sites is 1. The van der Waals surface area contributed by atoms with Crippen LogP contribution in [0.3, 0.4) is 0 Å². The van der Waals surface area contributed by atoms with Gasteiger partial charge in [0.2, 0.25) is 0 Å². The second-order valence-electron chi connectivity index (χ2n) is 4.92. The van der Waals surface area contributed by atoms with Gasteiger partial charge in [0.05, 0.1) is 5.92 Å². The van der Waals surface area contributed by atoms with Crippen molar-refractivity contribution >= 4 is 17.7 Å². The lowest BCUT2D eigenvalue weighted by atomic mass is 10.0. The average molecular weight is 278 g/mol. The number of hydrogen-bond acceptors (Lipinski definition) is 2. The van der Waals surface area contributed by atoms with Crippen LogP contribution in [0.25, 0.3) is 0 Å². The smallest absolute Gasteiger partial charge is 0.319 e. The monoisotopic (exact) mass is 278 g/mol. The van der Waals surface area contributed by atoms with Gasteiger partial charge in [-0.3, -0.25) is 4.79 Å². The van der Waals surface area contributed by atoms with Crippen molar-refractivity contribution in [1.29, 1.82) is 0 Å². The summed E-state index contributed by atoms with van der Waals surface area (Å²) in [5.41, 5.74) is 1.84. The van der Waals surface area contributed by atoms with E-state index in [2.05, 4.69) is 17.6 Å². The van der Waals surface area contributed by atoms with Crippen LogP contribution < -0.4 is 10.6 Å². The van der Waals surface area contributed by atoms with E-state index in [-0.39, 0.29) is 6.03 Å². The van der Waals surface area contributed by atoms with E-state index in [9.17, 15) is 9.59 Å². The lowest BCUT2D eigenvalue weighted by molar-refractivity contribution is -0.141. The molecule has 5 heteroatoms. The summed E-state index contributed by atoms with van der Waals surface area (Å²) in [5.74, 6) is -1.56. The summed E-state index contributed by atoms with van der Waals surface area (Å²) in [6, 6.07) is 6.79. The molecule has 5 nitrogen and oxygen atoms in total. The summed E-state index contributed by atoms with van der Waals surface area (Å²) in [7, 11) is 0. The van der Waals surface area contributed by atoms with Gasteiger partial charge in [-0.1, -0.05) is 31.5 Å². The van der Waals surface area contributed by atoms with Gasteiger partial charge in [0.15, 0.2) is 0 Å². The molecule has 1 rings (SSSR count). The first kappa shape index (κ1) is 16.0. The molecule has 0 fully saturated rings. The van der Waals surface area contributed by atoms with Crippen molar-refractivity contribution < 1.29 is 14.7 Å². The van der Waals surface area contributed by atoms with Crippen molar-refractivity contribution in [1.82, 2.24) is 5.32 Å². The molecule has 0 aliphatic heterocycles. The maximum atomic E-state index is 11.9. The minimum absolute atomic E-state index is 0.380. The summed E-state index contributed by atoms with van der Waals surface area (Å²) in [4.78, 5) is 22.7. The maximum Gasteiger partial charge on any atom is 0.319 e. The van der Waals surface area contributed by atoms with E-state index < -0.39 is 17.9 Å². The zero-order valence-corrected chi connectivity index (χ0v) is 12.1. The summed E-state index contributed by atoms with van der Waals surface area (Å²) in [6.07, 6.45) is 1.88. The third-order valence-corrected chi connectivity index (χ3v) is 3.28.